The molecule has 3 aromatic rings. The SMILES string of the molecule is CCn1c(COc2ccc(C)cc2C)nnc1SCC(=O)Nc1sc(C(=O)N(C)C)c(C)c1C(=O)OC. The number of aromatic nitrogens is 3. The lowest BCUT2D eigenvalue weighted by Crippen LogP contribution is -2.21. The number of anilines is 1. The van der Waals surface area contributed by atoms with Crippen LogP contribution in [0.2, 0.25) is 0 Å². The number of hydrogen-bond donors (Lipinski definition) is 1. The fraction of sp³-hybridized carbons (Fsp3) is 0.400. The first-order chi connectivity index (χ1) is 17.6. The van der Waals surface area contributed by atoms with Crippen molar-refractivity contribution in [2.24, 2.45) is 0 Å². The van der Waals surface area contributed by atoms with Gasteiger partial charge in [0.2, 0.25) is 5.91 Å². The van der Waals surface area contributed by atoms with Crippen molar-refractivity contribution in [1.29, 1.82) is 0 Å². The van der Waals surface area contributed by atoms with Crippen LogP contribution < -0.4 is 10.1 Å². The summed E-state index contributed by atoms with van der Waals surface area (Å²) in [6.45, 7) is 8.51. The van der Waals surface area contributed by atoms with Crippen LogP contribution in [0.5, 0.6) is 5.75 Å². The van der Waals surface area contributed by atoms with E-state index >= 15 is 0 Å². The molecule has 0 aliphatic heterocycles. The second-order valence-electron chi connectivity index (χ2n) is 8.49. The number of nitrogens with zero attached hydrogens (tertiary/aromatic N) is 4. The van der Waals surface area contributed by atoms with Gasteiger partial charge in [-0.3, -0.25) is 9.59 Å². The Hall–Kier alpha value is -3.38. The number of esters is 1. The Labute approximate surface area is 224 Å². The summed E-state index contributed by atoms with van der Waals surface area (Å²) in [5, 5.41) is 12.1. The number of thiophene rings is 1. The molecule has 10 nitrogen and oxygen atoms in total. The summed E-state index contributed by atoms with van der Waals surface area (Å²) in [5.74, 6) is 0.246. The number of thioether (sulfide) groups is 1. The molecule has 0 saturated carbocycles. The molecule has 2 aromatic heterocycles. The maximum atomic E-state index is 12.8. The highest BCUT2D eigenvalue weighted by atomic mass is 32.2. The van der Waals surface area contributed by atoms with E-state index in [2.05, 4.69) is 21.6 Å². The van der Waals surface area contributed by atoms with Gasteiger partial charge in [-0.15, -0.1) is 21.5 Å². The van der Waals surface area contributed by atoms with E-state index in [1.165, 1.54) is 23.8 Å². The van der Waals surface area contributed by atoms with E-state index in [0.29, 0.717) is 28.0 Å². The minimum atomic E-state index is -0.617. The largest absolute Gasteiger partial charge is 0.485 e. The molecule has 2 heterocycles. The Morgan fingerprint density at radius 2 is 1.89 bits per heavy atom. The highest BCUT2D eigenvalue weighted by Gasteiger charge is 2.27. The number of rotatable bonds is 10. The number of amides is 2. The minimum Gasteiger partial charge on any atom is -0.485 e. The molecular formula is C25H31N5O5S2. The van der Waals surface area contributed by atoms with Crippen molar-refractivity contribution in [1.82, 2.24) is 19.7 Å². The maximum Gasteiger partial charge on any atom is 0.341 e. The number of ether oxygens (including phenoxy) is 2. The first-order valence-electron chi connectivity index (χ1n) is 11.5. The number of carbonyl (C=O) groups is 3. The molecule has 0 saturated heterocycles. The fourth-order valence-corrected chi connectivity index (χ4v) is 5.66. The lowest BCUT2D eigenvalue weighted by Gasteiger charge is -2.11. The lowest BCUT2D eigenvalue weighted by atomic mass is 10.1. The molecule has 0 fully saturated rings. The van der Waals surface area contributed by atoms with Crippen molar-refractivity contribution in [2.45, 2.75) is 46.0 Å². The third-order valence-corrected chi connectivity index (χ3v) is 7.68. The standard InChI is InChI=1S/C25H31N5O5S2/c1-8-30-18(12-35-17-10-9-14(2)11-15(17)3)27-28-25(30)36-13-19(31)26-22-20(24(33)34-7)16(4)21(37-22)23(32)29(5)6/h9-11H,8,12-13H2,1-7H3,(H,26,31). The van der Waals surface area contributed by atoms with Gasteiger partial charge in [0.1, 0.15) is 17.4 Å². The van der Waals surface area contributed by atoms with Gasteiger partial charge in [-0.1, -0.05) is 29.5 Å². The molecule has 0 unspecified atom stereocenters. The predicted molar refractivity (Wildman–Crippen MR) is 144 cm³/mol. The van der Waals surface area contributed by atoms with Gasteiger partial charge in [0.15, 0.2) is 11.0 Å². The molecule has 0 spiro atoms. The van der Waals surface area contributed by atoms with Crippen LogP contribution in [0.1, 0.15) is 49.5 Å². The van der Waals surface area contributed by atoms with Gasteiger partial charge >= 0.3 is 5.97 Å². The van der Waals surface area contributed by atoms with Crippen molar-refractivity contribution in [3.63, 3.8) is 0 Å². The Morgan fingerprint density at radius 1 is 1.16 bits per heavy atom. The van der Waals surface area contributed by atoms with Crippen LogP contribution in [-0.4, -0.2) is 64.4 Å². The van der Waals surface area contributed by atoms with Crippen molar-refractivity contribution < 1.29 is 23.9 Å². The van der Waals surface area contributed by atoms with E-state index in [1.54, 1.807) is 21.0 Å². The summed E-state index contributed by atoms with van der Waals surface area (Å²) < 4.78 is 12.7. The van der Waals surface area contributed by atoms with Crippen molar-refractivity contribution in [3.8, 4) is 5.75 Å². The summed E-state index contributed by atoms with van der Waals surface area (Å²) in [6, 6.07) is 5.98. The van der Waals surface area contributed by atoms with Crippen LogP contribution in [0.4, 0.5) is 5.00 Å². The Balaban J connectivity index is 1.70. The summed E-state index contributed by atoms with van der Waals surface area (Å²) in [6.07, 6.45) is 0. The number of nitrogens with one attached hydrogen (secondary N) is 1. The molecule has 0 aliphatic rings. The van der Waals surface area contributed by atoms with E-state index in [1.807, 2.05) is 37.5 Å². The average Bonchev–Trinajstić information content (AvgIpc) is 3.40. The molecule has 3 rings (SSSR count). The zero-order valence-corrected chi connectivity index (χ0v) is 23.6. The first-order valence-corrected chi connectivity index (χ1v) is 13.4. The smallest absolute Gasteiger partial charge is 0.341 e. The molecule has 1 aromatic carbocycles. The second kappa shape index (κ2) is 12.2. The molecular weight excluding hydrogens is 514 g/mol. The Morgan fingerprint density at radius 3 is 2.51 bits per heavy atom. The second-order valence-corrected chi connectivity index (χ2v) is 10.5. The topological polar surface area (TPSA) is 116 Å². The molecule has 198 valence electrons. The highest BCUT2D eigenvalue weighted by molar-refractivity contribution is 7.99. The molecule has 12 heteroatoms. The maximum absolute atomic E-state index is 12.8. The Bertz CT molecular complexity index is 1320. The van der Waals surface area contributed by atoms with Crippen LogP contribution in [0.15, 0.2) is 23.4 Å². The molecule has 37 heavy (non-hydrogen) atoms. The van der Waals surface area contributed by atoms with Crippen LogP contribution in [-0.2, 0) is 22.7 Å². The van der Waals surface area contributed by atoms with Crippen molar-refractivity contribution in [2.75, 3.05) is 32.3 Å². The van der Waals surface area contributed by atoms with E-state index in [4.69, 9.17) is 9.47 Å². The minimum absolute atomic E-state index is 0.0323. The van der Waals surface area contributed by atoms with Gasteiger partial charge in [-0.25, -0.2) is 4.79 Å². The number of hydrogen-bond acceptors (Lipinski definition) is 9. The van der Waals surface area contributed by atoms with Gasteiger partial charge in [0, 0.05) is 20.6 Å². The highest BCUT2D eigenvalue weighted by Crippen LogP contribution is 2.34. The number of carbonyl (C=O) groups excluding carboxylic acids is 3. The molecule has 0 bridgehead atoms. The number of benzene rings is 1. The van der Waals surface area contributed by atoms with Crippen LogP contribution in [0, 0.1) is 20.8 Å². The predicted octanol–water partition coefficient (Wildman–Crippen LogP) is 4.08. The van der Waals surface area contributed by atoms with E-state index in [0.717, 1.165) is 28.2 Å². The van der Waals surface area contributed by atoms with Gasteiger partial charge < -0.3 is 24.3 Å². The molecule has 1 N–H and O–H groups in total. The zero-order chi connectivity index (χ0) is 27.3. The fourth-order valence-electron chi connectivity index (χ4n) is 3.60. The van der Waals surface area contributed by atoms with Gasteiger partial charge in [0.25, 0.3) is 5.91 Å². The summed E-state index contributed by atoms with van der Waals surface area (Å²) in [7, 11) is 4.51. The third-order valence-electron chi connectivity index (χ3n) is 5.52. The lowest BCUT2D eigenvalue weighted by molar-refractivity contribution is -0.113. The van der Waals surface area contributed by atoms with Gasteiger partial charge in [0.05, 0.1) is 23.3 Å². The first kappa shape index (κ1) is 28.2. The monoisotopic (exact) mass is 545 g/mol. The summed E-state index contributed by atoms with van der Waals surface area (Å²) in [4.78, 5) is 39.5. The van der Waals surface area contributed by atoms with Gasteiger partial charge in [-0.05, 0) is 44.9 Å². The average molecular weight is 546 g/mol. The van der Waals surface area contributed by atoms with E-state index < -0.39 is 5.97 Å². The summed E-state index contributed by atoms with van der Waals surface area (Å²) in [5.41, 5.74) is 2.85. The third kappa shape index (κ3) is 6.50. The normalized spacial score (nSPS) is 10.8. The number of aryl methyl sites for hydroxylation is 2. The van der Waals surface area contributed by atoms with Crippen LogP contribution in [0.3, 0.4) is 0 Å². The summed E-state index contributed by atoms with van der Waals surface area (Å²) >= 11 is 2.28. The quantitative estimate of drug-likeness (QED) is 0.299. The van der Waals surface area contributed by atoms with E-state index in [-0.39, 0.29) is 34.7 Å². The van der Waals surface area contributed by atoms with Crippen LogP contribution >= 0.6 is 23.1 Å². The van der Waals surface area contributed by atoms with E-state index in [9.17, 15) is 14.4 Å². The molecule has 0 radical (unpaired) electrons. The van der Waals surface area contributed by atoms with Gasteiger partial charge in [-0.2, -0.15) is 0 Å². The Kier molecular flexibility index (Phi) is 9.33. The van der Waals surface area contributed by atoms with Crippen molar-refractivity contribution >= 4 is 45.9 Å². The molecule has 0 atom stereocenters. The van der Waals surface area contributed by atoms with Crippen LogP contribution in [0.25, 0.3) is 0 Å². The molecule has 0 aliphatic carbocycles. The number of methoxy groups -OCH3 is 1. The van der Waals surface area contributed by atoms with Crippen molar-refractivity contribution in [3.05, 3.63) is 51.2 Å². The molecule has 2 amide bonds. The zero-order valence-electron chi connectivity index (χ0n) is 22.0.